The number of anilines is 1. The number of nitrogens with one attached hydrogen (secondary N) is 1. The van der Waals surface area contributed by atoms with Crippen molar-refractivity contribution in [3.8, 4) is 0 Å². The van der Waals surface area contributed by atoms with Gasteiger partial charge in [0.1, 0.15) is 5.69 Å². The molecule has 0 saturated heterocycles. The van der Waals surface area contributed by atoms with Gasteiger partial charge in [-0.2, -0.15) is 0 Å². The first-order chi connectivity index (χ1) is 7.58. The third-order valence-electron chi connectivity index (χ3n) is 2.97. The lowest BCUT2D eigenvalue weighted by molar-refractivity contribution is -0.384. The van der Waals surface area contributed by atoms with Crippen molar-refractivity contribution in [2.45, 2.75) is 31.8 Å². The van der Waals surface area contributed by atoms with Gasteiger partial charge in [-0.25, -0.2) is 0 Å². The van der Waals surface area contributed by atoms with Crippen LogP contribution in [-0.2, 0) is 0 Å². The third-order valence-corrected chi connectivity index (χ3v) is 2.97. The summed E-state index contributed by atoms with van der Waals surface area (Å²) in [5.74, 6) is 0. The second-order valence-electron chi connectivity index (χ2n) is 4.30. The highest BCUT2D eigenvalue weighted by Crippen LogP contribution is 2.31. The van der Waals surface area contributed by atoms with E-state index in [2.05, 4.69) is 5.32 Å². The Labute approximate surface area is 93.8 Å². The molecule has 0 amide bonds. The number of nitro groups is 1. The van der Waals surface area contributed by atoms with Gasteiger partial charge in [-0.05, 0) is 25.3 Å². The van der Waals surface area contributed by atoms with Gasteiger partial charge in [-0.1, -0.05) is 12.1 Å². The van der Waals surface area contributed by atoms with Crippen molar-refractivity contribution >= 4 is 11.4 Å². The predicted molar refractivity (Wildman–Crippen MR) is 62.5 cm³/mol. The zero-order valence-corrected chi connectivity index (χ0v) is 9.14. The van der Waals surface area contributed by atoms with E-state index in [9.17, 15) is 10.1 Å². The fourth-order valence-corrected chi connectivity index (χ4v) is 1.98. The molecule has 0 radical (unpaired) electrons. The van der Waals surface area contributed by atoms with E-state index in [1.165, 1.54) is 6.07 Å². The summed E-state index contributed by atoms with van der Waals surface area (Å²) < 4.78 is 0. The van der Waals surface area contributed by atoms with E-state index in [-0.39, 0.29) is 22.7 Å². The molecular weight excluding hydrogens is 206 g/mol. The van der Waals surface area contributed by atoms with Crippen LogP contribution in [0, 0.1) is 17.0 Å². The van der Waals surface area contributed by atoms with Gasteiger partial charge in [0, 0.05) is 18.2 Å². The fourth-order valence-electron chi connectivity index (χ4n) is 1.98. The highest BCUT2D eigenvalue weighted by Gasteiger charge is 2.28. The predicted octanol–water partition coefficient (Wildman–Crippen LogP) is 1.80. The highest BCUT2D eigenvalue weighted by atomic mass is 16.6. The van der Waals surface area contributed by atoms with Crippen molar-refractivity contribution in [1.82, 2.24) is 0 Å². The van der Waals surface area contributed by atoms with Crippen LogP contribution in [-0.4, -0.2) is 17.0 Å². The number of hydrogen-bond donors (Lipinski definition) is 2. The zero-order valence-electron chi connectivity index (χ0n) is 9.14. The topological polar surface area (TPSA) is 81.2 Å². The largest absolute Gasteiger partial charge is 0.376 e. The van der Waals surface area contributed by atoms with Crippen LogP contribution in [0.1, 0.15) is 18.4 Å². The molecule has 1 aromatic carbocycles. The van der Waals surface area contributed by atoms with E-state index < -0.39 is 0 Å². The number of nitrogens with two attached hydrogens (primary N) is 1. The maximum atomic E-state index is 10.9. The van der Waals surface area contributed by atoms with Crippen molar-refractivity contribution in [2.75, 3.05) is 5.32 Å². The molecule has 0 unspecified atom stereocenters. The Morgan fingerprint density at radius 2 is 2.19 bits per heavy atom. The van der Waals surface area contributed by atoms with Crippen molar-refractivity contribution in [3.63, 3.8) is 0 Å². The van der Waals surface area contributed by atoms with Gasteiger partial charge >= 0.3 is 0 Å². The number of hydrogen-bond acceptors (Lipinski definition) is 4. The van der Waals surface area contributed by atoms with Crippen LogP contribution >= 0.6 is 0 Å². The van der Waals surface area contributed by atoms with Crippen LogP contribution in [0.2, 0.25) is 0 Å². The molecule has 16 heavy (non-hydrogen) atoms. The average Bonchev–Trinajstić information content (AvgIpc) is 2.18. The number of rotatable bonds is 3. The molecule has 0 aliphatic heterocycles. The first-order valence-electron chi connectivity index (χ1n) is 5.34. The molecule has 1 aliphatic carbocycles. The number of para-hydroxylation sites is 1. The van der Waals surface area contributed by atoms with E-state index in [0.717, 1.165) is 18.4 Å². The molecular formula is C11H15N3O2. The van der Waals surface area contributed by atoms with E-state index in [1.54, 1.807) is 6.07 Å². The summed E-state index contributed by atoms with van der Waals surface area (Å²) in [7, 11) is 0. The fraction of sp³-hybridized carbons (Fsp3) is 0.455. The summed E-state index contributed by atoms with van der Waals surface area (Å²) in [4.78, 5) is 10.5. The minimum atomic E-state index is -0.353. The van der Waals surface area contributed by atoms with E-state index in [0.29, 0.717) is 5.69 Å². The minimum Gasteiger partial charge on any atom is -0.376 e. The van der Waals surface area contributed by atoms with Crippen LogP contribution in [0.4, 0.5) is 11.4 Å². The highest BCUT2D eigenvalue weighted by molar-refractivity contribution is 5.66. The summed E-state index contributed by atoms with van der Waals surface area (Å²) >= 11 is 0. The Hall–Kier alpha value is -1.62. The molecule has 5 heteroatoms. The molecule has 0 bridgehead atoms. The SMILES string of the molecule is Cc1cccc([N+](=O)[O-])c1NC1CC(N)C1. The zero-order chi connectivity index (χ0) is 11.7. The van der Waals surface area contributed by atoms with Gasteiger partial charge in [0.25, 0.3) is 5.69 Å². The smallest absolute Gasteiger partial charge is 0.292 e. The minimum absolute atomic E-state index is 0.139. The number of aryl methyl sites for hydroxylation is 1. The molecule has 1 fully saturated rings. The Balaban J connectivity index is 2.21. The number of nitro benzene ring substituents is 1. The first-order valence-corrected chi connectivity index (χ1v) is 5.34. The molecule has 1 saturated carbocycles. The summed E-state index contributed by atoms with van der Waals surface area (Å²) in [5, 5.41) is 14.1. The quantitative estimate of drug-likeness (QED) is 0.602. The van der Waals surface area contributed by atoms with Crippen molar-refractivity contribution < 1.29 is 4.92 Å². The van der Waals surface area contributed by atoms with E-state index >= 15 is 0 Å². The Morgan fingerprint density at radius 1 is 1.50 bits per heavy atom. The Morgan fingerprint density at radius 3 is 2.75 bits per heavy atom. The number of benzene rings is 1. The van der Waals surface area contributed by atoms with Crippen LogP contribution < -0.4 is 11.1 Å². The molecule has 1 aliphatic rings. The maximum Gasteiger partial charge on any atom is 0.292 e. The summed E-state index contributed by atoms with van der Waals surface area (Å²) in [5.41, 5.74) is 7.35. The molecule has 1 aromatic rings. The van der Waals surface area contributed by atoms with Gasteiger partial charge in [-0.15, -0.1) is 0 Å². The summed E-state index contributed by atoms with van der Waals surface area (Å²) in [6, 6.07) is 5.60. The second-order valence-corrected chi connectivity index (χ2v) is 4.30. The van der Waals surface area contributed by atoms with Crippen LogP contribution in [0.25, 0.3) is 0 Å². The van der Waals surface area contributed by atoms with Gasteiger partial charge in [0.15, 0.2) is 0 Å². The lowest BCUT2D eigenvalue weighted by Gasteiger charge is -2.34. The van der Waals surface area contributed by atoms with Crippen LogP contribution in [0.15, 0.2) is 18.2 Å². The van der Waals surface area contributed by atoms with Crippen molar-refractivity contribution in [3.05, 3.63) is 33.9 Å². The van der Waals surface area contributed by atoms with E-state index in [1.807, 2.05) is 13.0 Å². The van der Waals surface area contributed by atoms with Gasteiger partial charge < -0.3 is 11.1 Å². The molecule has 0 aromatic heterocycles. The van der Waals surface area contributed by atoms with Crippen molar-refractivity contribution in [2.24, 2.45) is 5.73 Å². The molecule has 3 N–H and O–H groups in total. The lowest BCUT2D eigenvalue weighted by Crippen LogP contribution is -2.44. The molecule has 2 rings (SSSR count). The van der Waals surface area contributed by atoms with Gasteiger partial charge in [-0.3, -0.25) is 10.1 Å². The van der Waals surface area contributed by atoms with Gasteiger partial charge in [0.05, 0.1) is 4.92 Å². The monoisotopic (exact) mass is 221 g/mol. The third kappa shape index (κ3) is 1.99. The summed E-state index contributed by atoms with van der Waals surface area (Å²) in [6.45, 7) is 1.87. The van der Waals surface area contributed by atoms with Crippen molar-refractivity contribution in [1.29, 1.82) is 0 Å². The lowest BCUT2D eigenvalue weighted by atomic mass is 9.87. The maximum absolute atomic E-state index is 10.9. The van der Waals surface area contributed by atoms with Gasteiger partial charge in [0.2, 0.25) is 0 Å². The average molecular weight is 221 g/mol. The first kappa shape index (κ1) is 10.9. The molecule has 0 atom stereocenters. The molecule has 5 nitrogen and oxygen atoms in total. The van der Waals surface area contributed by atoms with Crippen LogP contribution in [0.3, 0.4) is 0 Å². The standard InChI is InChI=1S/C11H15N3O2/c1-7-3-2-4-10(14(15)16)11(7)13-9-5-8(12)6-9/h2-4,8-9,13H,5-6,12H2,1H3. The molecule has 86 valence electrons. The molecule has 0 heterocycles. The normalized spacial score (nSPS) is 23.6. The Kier molecular flexibility index (Phi) is 2.78. The summed E-state index contributed by atoms with van der Waals surface area (Å²) in [6.07, 6.45) is 1.76. The Bertz CT molecular complexity index is 414. The second kappa shape index (κ2) is 4.09. The number of nitrogens with zero attached hydrogens (tertiary/aromatic N) is 1. The molecule has 0 spiro atoms. The van der Waals surface area contributed by atoms with Crippen LogP contribution in [0.5, 0.6) is 0 Å². The van der Waals surface area contributed by atoms with E-state index in [4.69, 9.17) is 5.73 Å².